The maximum atomic E-state index is 10.5. The minimum Gasteiger partial charge on any atom is -0.393 e. The van der Waals surface area contributed by atoms with Gasteiger partial charge in [-0.3, -0.25) is 0 Å². The van der Waals surface area contributed by atoms with Gasteiger partial charge < -0.3 is 5.11 Å². The second-order valence-electron chi connectivity index (χ2n) is 9.23. The van der Waals surface area contributed by atoms with Crippen LogP contribution in [-0.4, -0.2) is 11.2 Å². The van der Waals surface area contributed by atoms with Crippen molar-refractivity contribution in [2.24, 2.45) is 40.4 Å². The molecule has 0 spiro atoms. The lowest BCUT2D eigenvalue weighted by Crippen LogP contribution is -2.54. The molecule has 4 aliphatic rings. The molecule has 118 valence electrons. The highest BCUT2D eigenvalue weighted by atomic mass is 16.3. The summed E-state index contributed by atoms with van der Waals surface area (Å²) in [5.74, 6) is 4.21. The fourth-order valence-corrected chi connectivity index (χ4v) is 7.28. The van der Waals surface area contributed by atoms with Crippen LogP contribution >= 0.6 is 0 Å². The molecule has 3 saturated carbocycles. The van der Waals surface area contributed by atoms with Gasteiger partial charge in [-0.15, -0.1) is 0 Å². The van der Waals surface area contributed by atoms with Gasteiger partial charge in [0.05, 0.1) is 6.10 Å². The van der Waals surface area contributed by atoms with Crippen molar-refractivity contribution in [2.45, 2.75) is 71.8 Å². The topological polar surface area (TPSA) is 20.2 Å². The fraction of sp³-hybridized carbons (Fsp3) is 0.900. The number of rotatable bonds is 0. The van der Waals surface area contributed by atoms with Crippen LogP contribution in [0.15, 0.2) is 12.2 Å². The van der Waals surface area contributed by atoms with Gasteiger partial charge >= 0.3 is 0 Å². The van der Waals surface area contributed by atoms with Crippen LogP contribution in [0.5, 0.6) is 0 Å². The molecular weight excluding hydrogens is 256 g/mol. The lowest BCUT2D eigenvalue weighted by molar-refractivity contribution is -0.120. The summed E-state index contributed by atoms with van der Waals surface area (Å²) >= 11 is 0. The highest BCUT2D eigenvalue weighted by molar-refractivity contribution is 5.14. The molecule has 0 saturated heterocycles. The average molecular weight is 288 g/mol. The first-order chi connectivity index (χ1) is 9.97. The molecule has 3 fully saturated rings. The molecule has 21 heavy (non-hydrogen) atoms. The van der Waals surface area contributed by atoms with Crippen molar-refractivity contribution in [3.63, 3.8) is 0 Å². The molecule has 0 aromatic heterocycles. The Hall–Kier alpha value is -0.300. The molecule has 0 heterocycles. The predicted molar refractivity (Wildman–Crippen MR) is 86.8 cm³/mol. The van der Waals surface area contributed by atoms with Crippen molar-refractivity contribution in [1.82, 2.24) is 0 Å². The first kappa shape index (κ1) is 14.3. The van der Waals surface area contributed by atoms with Crippen LogP contribution in [0, 0.1) is 40.4 Å². The molecule has 1 N–H and O–H groups in total. The monoisotopic (exact) mass is 288 g/mol. The largest absolute Gasteiger partial charge is 0.393 e. The summed E-state index contributed by atoms with van der Waals surface area (Å²) in [6, 6.07) is 0. The molecule has 0 aliphatic heterocycles. The molecule has 4 rings (SSSR count). The summed E-state index contributed by atoms with van der Waals surface area (Å²) in [7, 11) is 0. The smallest absolute Gasteiger partial charge is 0.0596 e. The third-order valence-electron chi connectivity index (χ3n) is 8.45. The van der Waals surface area contributed by atoms with Crippen LogP contribution < -0.4 is 0 Å². The van der Waals surface area contributed by atoms with Crippen LogP contribution in [-0.2, 0) is 0 Å². The molecule has 0 amide bonds. The lowest BCUT2D eigenvalue weighted by Gasteiger charge is -2.61. The van der Waals surface area contributed by atoms with E-state index in [-0.39, 0.29) is 11.5 Å². The van der Waals surface area contributed by atoms with Gasteiger partial charge in [-0.1, -0.05) is 32.9 Å². The van der Waals surface area contributed by atoms with Crippen molar-refractivity contribution in [3.05, 3.63) is 12.2 Å². The van der Waals surface area contributed by atoms with E-state index >= 15 is 0 Å². The summed E-state index contributed by atoms with van der Waals surface area (Å²) in [5.41, 5.74) is 0.764. The first-order valence-corrected chi connectivity index (χ1v) is 9.31. The number of aliphatic hydroxyl groups excluding tert-OH is 1. The summed E-state index contributed by atoms with van der Waals surface area (Å²) < 4.78 is 0. The van der Waals surface area contributed by atoms with E-state index in [9.17, 15) is 5.11 Å². The Labute approximate surface area is 130 Å². The van der Waals surface area contributed by atoms with Gasteiger partial charge in [0.25, 0.3) is 0 Å². The molecule has 0 aromatic rings. The Bertz CT molecular complexity index is 455. The van der Waals surface area contributed by atoms with Gasteiger partial charge in [-0.25, -0.2) is 0 Å². The van der Waals surface area contributed by atoms with E-state index < -0.39 is 0 Å². The van der Waals surface area contributed by atoms with Crippen molar-refractivity contribution in [2.75, 3.05) is 0 Å². The molecule has 0 radical (unpaired) electrons. The summed E-state index contributed by atoms with van der Waals surface area (Å²) in [4.78, 5) is 0. The van der Waals surface area contributed by atoms with Crippen LogP contribution in [0.2, 0.25) is 0 Å². The van der Waals surface area contributed by atoms with E-state index in [1.807, 2.05) is 0 Å². The lowest BCUT2D eigenvalue weighted by atomic mass is 9.44. The Morgan fingerprint density at radius 3 is 2.57 bits per heavy atom. The van der Waals surface area contributed by atoms with Crippen LogP contribution in [0.3, 0.4) is 0 Å². The number of allylic oxidation sites excluding steroid dienone is 2. The zero-order chi connectivity index (χ0) is 14.8. The molecular formula is C20H32O. The maximum Gasteiger partial charge on any atom is 0.0596 e. The van der Waals surface area contributed by atoms with E-state index in [0.29, 0.717) is 5.41 Å². The molecule has 1 heteroatoms. The molecule has 0 bridgehead atoms. The van der Waals surface area contributed by atoms with Crippen molar-refractivity contribution < 1.29 is 5.11 Å². The second-order valence-corrected chi connectivity index (χ2v) is 9.23. The summed E-state index contributed by atoms with van der Waals surface area (Å²) in [6.45, 7) is 7.49. The third kappa shape index (κ3) is 1.79. The van der Waals surface area contributed by atoms with Crippen LogP contribution in [0.1, 0.15) is 65.7 Å². The van der Waals surface area contributed by atoms with Gasteiger partial charge in [0, 0.05) is 0 Å². The van der Waals surface area contributed by atoms with Gasteiger partial charge in [-0.2, -0.15) is 0 Å². The number of fused-ring (bicyclic) bond motifs is 5. The van der Waals surface area contributed by atoms with Crippen LogP contribution in [0.25, 0.3) is 0 Å². The number of aliphatic hydroxyl groups is 1. The average Bonchev–Trinajstić information content (AvgIpc) is 2.75. The number of hydrogen-bond acceptors (Lipinski definition) is 1. The normalized spacial score (nSPS) is 59.2. The maximum absolute atomic E-state index is 10.5. The highest BCUT2D eigenvalue weighted by Gasteiger charge is 2.60. The van der Waals surface area contributed by atoms with Gasteiger partial charge in [-0.05, 0) is 85.4 Å². The standard InChI is InChI=1S/C20H32O/c1-13-12-14-16-7-8-18(21)20(16,3)11-9-17(14)19(2)10-5-4-6-15(13)19/h4,6,13-18,21H,5,7-12H2,1-3H3/t13-,14-,15+,16-,17-,18-,19-,20-/m0/s1. The van der Waals surface area contributed by atoms with Gasteiger partial charge in [0.2, 0.25) is 0 Å². The third-order valence-corrected chi connectivity index (χ3v) is 8.45. The minimum atomic E-state index is -0.0319. The SMILES string of the molecule is C[C@H]1C[C@@H]2[C@H](CC[C@]3(C)[C@@H](O)CC[C@@H]23)[C@@]2(C)CCC=C[C@H]12. The Balaban J connectivity index is 1.70. The van der Waals surface area contributed by atoms with Crippen LogP contribution in [0.4, 0.5) is 0 Å². The molecule has 0 unspecified atom stereocenters. The quantitative estimate of drug-likeness (QED) is 0.635. The van der Waals surface area contributed by atoms with E-state index in [0.717, 1.165) is 36.0 Å². The van der Waals surface area contributed by atoms with E-state index in [2.05, 4.69) is 32.9 Å². The second kappa shape index (κ2) is 4.60. The molecule has 8 atom stereocenters. The zero-order valence-corrected chi connectivity index (χ0v) is 14.0. The first-order valence-electron chi connectivity index (χ1n) is 9.31. The summed E-state index contributed by atoms with van der Waals surface area (Å²) in [6.07, 6.45) is 14.0. The zero-order valence-electron chi connectivity index (χ0n) is 14.0. The van der Waals surface area contributed by atoms with Crippen molar-refractivity contribution in [1.29, 1.82) is 0 Å². The fourth-order valence-electron chi connectivity index (χ4n) is 7.28. The molecule has 0 aromatic carbocycles. The Morgan fingerprint density at radius 1 is 1.00 bits per heavy atom. The highest BCUT2D eigenvalue weighted by Crippen LogP contribution is 2.66. The predicted octanol–water partition coefficient (Wildman–Crippen LogP) is 4.80. The van der Waals surface area contributed by atoms with Crippen molar-refractivity contribution in [3.8, 4) is 0 Å². The van der Waals surface area contributed by atoms with Gasteiger partial charge in [0.1, 0.15) is 0 Å². The van der Waals surface area contributed by atoms with E-state index in [1.54, 1.807) is 0 Å². The molecule has 1 nitrogen and oxygen atoms in total. The van der Waals surface area contributed by atoms with Crippen molar-refractivity contribution >= 4 is 0 Å². The minimum absolute atomic E-state index is 0.0319. The summed E-state index contributed by atoms with van der Waals surface area (Å²) in [5, 5.41) is 10.5. The van der Waals surface area contributed by atoms with E-state index in [1.165, 1.54) is 38.5 Å². The number of hydrogen-bond donors (Lipinski definition) is 1. The van der Waals surface area contributed by atoms with Gasteiger partial charge in [0.15, 0.2) is 0 Å². The van der Waals surface area contributed by atoms with E-state index in [4.69, 9.17) is 0 Å². The molecule has 4 aliphatic carbocycles. The Morgan fingerprint density at radius 2 is 1.76 bits per heavy atom. The Kier molecular flexibility index (Phi) is 3.13.